The van der Waals surface area contributed by atoms with Crippen LogP contribution in [0.1, 0.15) is 22.7 Å². The van der Waals surface area contributed by atoms with E-state index in [1.807, 2.05) is 24.3 Å². The van der Waals surface area contributed by atoms with Crippen molar-refractivity contribution >= 4 is 11.6 Å². The van der Waals surface area contributed by atoms with Gasteiger partial charge in [0.2, 0.25) is 0 Å². The Morgan fingerprint density at radius 1 is 1.17 bits per heavy atom. The van der Waals surface area contributed by atoms with Crippen LogP contribution in [0.5, 0.6) is 11.5 Å². The Kier molecular flexibility index (Phi) is 5.29. The van der Waals surface area contributed by atoms with E-state index in [-0.39, 0.29) is 6.04 Å². The summed E-state index contributed by atoms with van der Waals surface area (Å²) in [6.45, 7) is 2.37. The van der Waals surface area contributed by atoms with Gasteiger partial charge in [-0.2, -0.15) is 0 Å². The molecule has 24 heavy (non-hydrogen) atoms. The van der Waals surface area contributed by atoms with Crippen LogP contribution >= 0.6 is 11.6 Å². The minimum Gasteiger partial charge on any atom is -0.493 e. The van der Waals surface area contributed by atoms with Gasteiger partial charge in [-0.15, -0.1) is 0 Å². The molecule has 4 nitrogen and oxygen atoms in total. The van der Waals surface area contributed by atoms with Gasteiger partial charge in [0, 0.05) is 30.7 Å². The maximum Gasteiger partial charge on any atom is 0.160 e. The summed E-state index contributed by atoms with van der Waals surface area (Å²) < 4.78 is 10.7. The summed E-state index contributed by atoms with van der Waals surface area (Å²) in [5.41, 5.74) is 9.71. The van der Waals surface area contributed by atoms with Gasteiger partial charge in [0.1, 0.15) is 0 Å². The van der Waals surface area contributed by atoms with Crippen molar-refractivity contribution in [2.75, 3.05) is 27.3 Å². The summed E-state index contributed by atoms with van der Waals surface area (Å²) in [6.07, 6.45) is 0.919. The molecule has 0 aromatic heterocycles. The largest absolute Gasteiger partial charge is 0.493 e. The van der Waals surface area contributed by atoms with Crippen LogP contribution in [0.2, 0.25) is 5.02 Å². The lowest BCUT2D eigenvalue weighted by molar-refractivity contribution is 0.223. The van der Waals surface area contributed by atoms with E-state index in [4.69, 9.17) is 26.8 Å². The highest BCUT2D eigenvalue weighted by atomic mass is 35.5. The Morgan fingerprint density at radius 2 is 1.96 bits per heavy atom. The highest BCUT2D eigenvalue weighted by Gasteiger charge is 2.30. The molecule has 0 amide bonds. The topological polar surface area (TPSA) is 47.7 Å². The maximum atomic E-state index is 6.35. The Hall–Kier alpha value is -1.75. The fourth-order valence-corrected chi connectivity index (χ4v) is 3.63. The molecule has 0 saturated carbocycles. The molecule has 2 aromatic carbocycles. The summed E-state index contributed by atoms with van der Waals surface area (Å²) in [4.78, 5) is 2.40. The molecule has 0 fully saturated rings. The predicted molar refractivity (Wildman–Crippen MR) is 96.9 cm³/mol. The lowest BCUT2D eigenvalue weighted by Crippen LogP contribution is -2.29. The normalized spacial score (nSPS) is 16.9. The van der Waals surface area contributed by atoms with E-state index in [0.29, 0.717) is 6.54 Å². The first kappa shape index (κ1) is 17.1. The SMILES string of the molecule is COc1ccc(CCN2Cc3c(Cl)cccc3C2CN)cc1OC. The van der Waals surface area contributed by atoms with Crippen molar-refractivity contribution in [2.45, 2.75) is 19.0 Å². The molecule has 1 aliphatic rings. The van der Waals surface area contributed by atoms with Gasteiger partial charge in [0.05, 0.1) is 14.2 Å². The van der Waals surface area contributed by atoms with E-state index >= 15 is 0 Å². The van der Waals surface area contributed by atoms with Gasteiger partial charge in [-0.1, -0.05) is 29.8 Å². The van der Waals surface area contributed by atoms with Crippen molar-refractivity contribution < 1.29 is 9.47 Å². The van der Waals surface area contributed by atoms with Gasteiger partial charge >= 0.3 is 0 Å². The van der Waals surface area contributed by atoms with E-state index < -0.39 is 0 Å². The number of hydrogen-bond donors (Lipinski definition) is 1. The molecule has 1 aliphatic heterocycles. The van der Waals surface area contributed by atoms with E-state index in [2.05, 4.69) is 17.0 Å². The van der Waals surface area contributed by atoms with Crippen molar-refractivity contribution in [3.05, 3.63) is 58.1 Å². The van der Waals surface area contributed by atoms with Crippen molar-refractivity contribution in [1.29, 1.82) is 0 Å². The molecule has 3 rings (SSSR count). The predicted octanol–water partition coefficient (Wildman–Crippen LogP) is 3.42. The molecule has 128 valence electrons. The quantitative estimate of drug-likeness (QED) is 0.870. The summed E-state index contributed by atoms with van der Waals surface area (Å²) in [6, 6.07) is 12.4. The third-order valence-electron chi connectivity index (χ3n) is 4.67. The fraction of sp³-hybridized carbons (Fsp3) is 0.368. The standard InChI is InChI=1S/C19H23ClN2O2/c1-23-18-7-6-13(10-19(18)24-2)8-9-22-12-15-14(17(22)11-21)4-3-5-16(15)20/h3-7,10,17H,8-9,11-12,21H2,1-2H3. The van der Waals surface area contributed by atoms with Gasteiger partial charge in [-0.3, -0.25) is 4.90 Å². The average Bonchev–Trinajstić information content (AvgIpc) is 2.98. The van der Waals surface area contributed by atoms with Crippen LogP contribution < -0.4 is 15.2 Å². The highest BCUT2D eigenvalue weighted by Crippen LogP contribution is 2.37. The number of fused-ring (bicyclic) bond motifs is 1. The van der Waals surface area contributed by atoms with Crippen LogP contribution in [0.4, 0.5) is 0 Å². The van der Waals surface area contributed by atoms with Gasteiger partial charge in [0.15, 0.2) is 11.5 Å². The van der Waals surface area contributed by atoms with Gasteiger partial charge in [-0.05, 0) is 41.3 Å². The molecular formula is C19H23ClN2O2. The van der Waals surface area contributed by atoms with Crippen molar-refractivity contribution in [2.24, 2.45) is 5.73 Å². The number of hydrogen-bond acceptors (Lipinski definition) is 4. The smallest absolute Gasteiger partial charge is 0.160 e. The van der Waals surface area contributed by atoms with Gasteiger partial charge in [0.25, 0.3) is 0 Å². The zero-order valence-corrected chi connectivity index (χ0v) is 14.8. The molecule has 0 bridgehead atoms. The van der Waals surface area contributed by atoms with Crippen molar-refractivity contribution in [3.8, 4) is 11.5 Å². The summed E-state index contributed by atoms with van der Waals surface area (Å²) in [5, 5.41) is 0.833. The van der Waals surface area contributed by atoms with Crippen LogP contribution in [-0.4, -0.2) is 32.2 Å². The molecule has 5 heteroatoms. The van der Waals surface area contributed by atoms with Gasteiger partial charge in [-0.25, -0.2) is 0 Å². The van der Waals surface area contributed by atoms with Crippen molar-refractivity contribution in [1.82, 2.24) is 4.90 Å². The first-order chi connectivity index (χ1) is 11.7. The molecule has 1 unspecified atom stereocenters. The molecule has 0 spiro atoms. The minimum atomic E-state index is 0.235. The second-order valence-electron chi connectivity index (χ2n) is 5.97. The molecule has 0 aliphatic carbocycles. The van der Waals surface area contributed by atoms with E-state index in [1.165, 1.54) is 16.7 Å². The average molecular weight is 347 g/mol. The van der Waals surface area contributed by atoms with Crippen LogP contribution in [0.3, 0.4) is 0 Å². The van der Waals surface area contributed by atoms with Crippen LogP contribution in [0.15, 0.2) is 36.4 Å². The summed E-state index contributed by atoms with van der Waals surface area (Å²) in [7, 11) is 3.31. The molecule has 1 heterocycles. The number of rotatable bonds is 6. The number of halogens is 1. The van der Waals surface area contributed by atoms with Crippen LogP contribution in [-0.2, 0) is 13.0 Å². The zero-order valence-electron chi connectivity index (χ0n) is 14.1. The Balaban J connectivity index is 1.72. The van der Waals surface area contributed by atoms with Gasteiger partial charge < -0.3 is 15.2 Å². The molecule has 2 aromatic rings. The maximum absolute atomic E-state index is 6.35. The fourth-order valence-electron chi connectivity index (χ4n) is 3.38. The number of nitrogens with zero attached hydrogens (tertiary/aromatic N) is 1. The lowest BCUT2D eigenvalue weighted by atomic mass is 10.0. The number of benzene rings is 2. The molecule has 1 atom stereocenters. The van der Waals surface area contributed by atoms with E-state index in [9.17, 15) is 0 Å². The van der Waals surface area contributed by atoms with Crippen molar-refractivity contribution in [3.63, 3.8) is 0 Å². The highest BCUT2D eigenvalue weighted by molar-refractivity contribution is 6.31. The summed E-state index contributed by atoms with van der Waals surface area (Å²) >= 11 is 6.35. The molecule has 0 saturated heterocycles. The van der Waals surface area contributed by atoms with Crippen LogP contribution in [0.25, 0.3) is 0 Å². The Morgan fingerprint density at radius 3 is 2.67 bits per heavy atom. The molecule has 0 radical (unpaired) electrons. The first-order valence-corrected chi connectivity index (χ1v) is 8.48. The lowest BCUT2D eigenvalue weighted by Gasteiger charge is -2.23. The zero-order chi connectivity index (χ0) is 17.1. The number of methoxy groups -OCH3 is 2. The minimum absolute atomic E-state index is 0.235. The second kappa shape index (κ2) is 7.43. The first-order valence-electron chi connectivity index (χ1n) is 8.10. The molecular weight excluding hydrogens is 324 g/mol. The van der Waals surface area contributed by atoms with E-state index in [1.54, 1.807) is 14.2 Å². The number of ether oxygens (including phenoxy) is 2. The Bertz CT molecular complexity index is 721. The molecule has 2 N–H and O–H groups in total. The number of nitrogens with two attached hydrogens (primary N) is 1. The Labute approximate surface area is 148 Å². The summed E-state index contributed by atoms with van der Waals surface area (Å²) in [5.74, 6) is 1.51. The third kappa shape index (κ3) is 3.22. The second-order valence-corrected chi connectivity index (χ2v) is 6.38. The van der Waals surface area contributed by atoms with Crippen LogP contribution in [0, 0.1) is 0 Å². The third-order valence-corrected chi connectivity index (χ3v) is 5.03. The van der Waals surface area contributed by atoms with E-state index in [0.717, 1.165) is 36.0 Å². The monoisotopic (exact) mass is 346 g/mol.